The van der Waals surface area contributed by atoms with Gasteiger partial charge in [-0.3, -0.25) is 0 Å². The Bertz CT molecular complexity index is 896. The molecule has 1 heterocycles. The van der Waals surface area contributed by atoms with E-state index in [4.69, 9.17) is 4.98 Å². The molecule has 0 spiro atoms. The van der Waals surface area contributed by atoms with Gasteiger partial charge in [0.2, 0.25) is 0 Å². The van der Waals surface area contributed by atoms with Crippen LogP contribution in [-0.4, -0.2) is 9.55 Å². The van der Waals surface area contributed by atoms with Crippen LogP contribution in [0.15, 0.2) is 18.7 Å². The van der Waals surface area contributed by atoms with Crippen LogP contribution in [0.1, 0.15) is 330 Å². The number of hydrogen-bond acceptors (Lipinski definition) is 1. The number of aromatic nitrogens is 2. The fourth-order valence-electron chi connectivity index (χ4n) is 11.2. The number of unbranched alkanes of at least 4 members (excludes halogenated alkanes) is 35. The van der Waals surface area contributed by atoms with E-state index in [1.807, 2.05) is 0 Å². The molecule has 0 saturated heterocycles. The van der Waals surface area contributed by atoms with Crippen LogP contribution in [0.3, 0.4) is 0 Å². The molecule has 0 bridgehead atoms. The molecule has 1 rings (SSSR count). The van der Waals surface area contributed by atoms with E-state index in [1.165, 1.54) is 289 Å². The molecule has 0 aliphatic carbocycles. The quantitative estimate of drug-likeness (QED) is 0.0599. The highest BCUT2D eigenvalue weighted by Crippen LogP contribution is 2.57. The average Bonchev–Trinajstić information content (AvgIpc) is 3.80. The van der Waals surface area contributed by atoms with Crippen molar-refractivity contribution in [2.24, 2.45) is 11.3 Å². The van der Waals surface area contributed by atoms with Gasteiger partial charge in [-0.2, -0.15) is 0 Å². The minimum absolute atomic E-state index is 0.124. The summed E-state index contributed by atoms with van der Waals surface area (Å²) in [5, 5.41) is 0. The van der Waals surface area contributed by atoms with Crippen LogP contribution in [0.2, 0.25) is 0 Å². The van der Waals surface area contributed by atoms with Crippen molar-refractivity contribution in [3.8, 4) is 0 Å². The van der Waals surface area contributed by atoms with Crippen LogP contribution >= 0.6 is 0 Å². The molecule has 1 aromatic heterocycles. The van der Waals surface area contributed by atoms with E-state index in [2.05, 4.69) is 64.8 Å². The van der Waals surface area contributed by atoms with Gasteiger partial charge in [0.15, 0.2) is 0 Å². The van der Waals surface area contributed by atoms with E-state index in [0.717, 1.165) is 5.92 Å². The molecule has 0 aromatic carbocycles. The second kappa shape index (κ2) is 41.2. The van der Waals surface area contributed by atoms with E-state index in [-0.39, 0.29) is 5.54 Å². The molecule has 0 aliphatic heterocycles. The number of nitrogens with zero attached hydrogens (tertiary/aromatic N) is 2. The Morgan fingerprint density at radius 3 is 0.915 bits per heavy atom. The third kappa shape index (κ3) is 27.1. The average molecular weight is 826 g/mol. The van der Waals surface area contributed by atoms with Crippen molar-refractivity contribution in [2.75, 3.05) is 0 Å². The fourth-order valence-corrected chi connectivity index (χ4v) is 11.2. The van der Waals surface area contributed by atoms with Gasteiger partial charge in [-0.05, 0) is 50.4 Å². The minimum atomic E-state index is 0.124. The molecule has 2 heteroatoms. The summed E-state index contributed by atoms with van der Waals surface area (Å²) in [6.45, 7) is 14.5. The van der Waals surface area contributed by atoms with Crippen molar-refractivity contribution in [2.45, 2.75) is 336 Å². The summed E-state index contributed by atoms with van der Waals surface area (Å²) in [4.78, 5) is 4.83. The Labute approximate surface area is 374 Å². The van der Waals surface area contributed by atoms with Crippen LogP contribution in [0.25, 0.3) is 0 Å². The lowest BCUT2D eigenvalue weighted by atomic mass is 9.54. The molecule has 0 saturated carbocycles. The number of hydrogen-bond donors (Lipinski definition) is 0. The summed E-state index contributed by atoms with van der Waals surface area (Å²) in [5.41, 5.74) is 0.459. The van der Waals surface area contributed by atoms with Gasteiger partial charge in [-0.25, -0.2) is 4.98 Å². The molecule has 0 N–H and O–H groups in total. The van der Waals surface area contributed by atoms with Crippen molar-refractivity contribution >= 4 is 0 Å². The van der Waals surface area contributed by atoms with Gasteiger partial charge in [-0.15, -0.1) is 0 Å². The van der Waals surface area contributed by atoms with Crippen LogP contribution in [0, 0.1) is 11.3 Å². The minimum Gasteiger partial charge on any atom is -0.331 e. The first kappa shape index (κ1) is 56.2. The molecule has 1 aromatic rings. The molecule has 0 radical (unpaired) electrons. The lowest BCUT2D eigenvalue weighted by molar-refractivity contribution is -0.0404. The van der Waals surface area contributed by atoms with E-state index in [9.17, 15) is 0 Å². The van der Waals surface area contributed by atoms with Gasteiger partial charge in [-0.1, -0.05) is 291 Å². The summed E-state index contributed by atoms with van der Waals surface area (Å²) < 4.78 is 2.71. The molecule has 59 heavy (non-hydrogen) atoms. The zero-order valence-corrected chi connectivity index (χ0v) is 42.0. The molecular formula is C57H112N2. The summed E-state index contributed by atoms with van der Waals surface area (Å²) in [5.74, 6) is 0.818. The molecule has 0 aliphatic rings. The molecule has 0 fully saturated rings. The summed E-state index contributed by atoms with van der Waals surface area (Å²) in [6.07, 6.45) is 71.0. The standard InChI is InChI=1S/C57H112N2/c1-7-12-17-22-27-32-37-42-47-55(48-43-38-33-28-23-18-13-8-2)57(50-45-40-35-30-25-20-15-10-4,51-46-41-36-31-26-21-16-11-5)56(6,59-53-52-58-54-59)49-44-39-34-29-24-19-14-9-3/h52-55H,7-51H2,1-6H3. The second-order valence-electron chi connectivity index (χ2n) is 20.3. The van der Waals surface area contributed by atoms with Crippen LogP contribution in [-0.2, 0) is 5.54 Å². The van der Waals surface area contributed by atoms with Crippen molar-refractivity contribution in [3.05, 3.63) is 18.7 Å². The van der Waals surface area contributed by atoms with Crippen molar-refractivity contribution in [1.82, 2.24) is 9.55 Å². The lowest BCUT2D eigenvalue weighted by Gasteiger charge is -2.55. The van der Waals surface area contributed by atoms with Gasteiger partial charge < -0.3 is 4.57 Å². The maximum Gasteiger partial charge on any atom is 0.0951 e. The van der Waals surface area contributed by atoms with E-state index in [0.29, 0.717) is 5.41 Å². The Morgan fingerprint density at radius 1 is 0.356 bits per heavy atom. The zero-order valence-electron chi connectivity index (χ0n) is 42.0. The summed E-state index contributed by atoms with van der Waals surface area (Å²) >= 11 is 0. The van der Waals surface area contributed by atoms with E-state index >= 15 is 0 Å². The molecule has 2 nitrogen and oxygen atoms in total. The van der Waals surface area contributed by atoms with Crippen LogP contribution < -0.4 is 0 Å². The highest BCUT2D eigenvalue weighted by atomic mass is 15.1. The number of rotatable bonds is 48. The summed E-state index contributed by atoms with van der Waals surface area (Å²) in [6, 6.07) is 0. The fraction of sp³-hybridized carbons (Fsp3) is 0.947. The SMILES string of the molecule is CCCCCCCCCCC(CCCCCCCCCC)C(CCCCCCCCCC)(CCCCCCCCCC)C(C)(CCCCCCCCCC)n1ccnc1. The highest BCUT2D eigenvalue weighted by Gasteiger charge is 2.51. The molecule has 350 valence electrons. The maximum atomic E-state index is 4.83. The predicted molar refractivity (Wildman–Crippen MR) is 268 cm³/mol. The topological polar surface area (TPSA) is 17.8 Å². The normalized spacial score (nSPS) is 13.2. The first-order valence-corrected chi connectivity index (χ1v) is 28.0. The van der Waals surface area contributed by atoms with Gasteiger partial charge >= 0.3 is 0 Å². The van der Waals surface area contributed by atoms with Crippen LogP contribution in [0.4, 0.5) is 0 Å². The Morgan fingerprint density at radius 2 is 0.627 bits per heavy atom. The molecule has 1 unspecified atom stereocenters. The first-order valence-electron chi connectivity index (χ1n) is 28.0. The smallest absolute Gasteiger partial charge is 0.0951 e. The van der Waals surface area contributed by atoms with Gasteiger partial charge in [0.1, 0.15) is 0 Å². The van der Waals surface area contributed by atoms with Crippen molar-refractivity contribution < 1.29 is 0 Å². The van der Waals surface area contributed by atoms with Gasteiger partial charge in [0.05, 0.1) is 6.33 Å². The largest absolute Gasteiger partial charge is 0.331 e. The Kier molecular flexibility index (Phi) is 39.3. The molecule has 0 amide bonds. The third-order valence-electron chi connectivity index (χ3n) is 15.2. The molecular weight excluding hydrogens is 713 g/mol. The Balaban J connectivity index is 3.49. The zero-order chi connectivity index (χ0) is 42.8. The maximum absolute atomic E-state index is 4.83. The van der Waals surface area contributed by atoms with E-state index < -0.39 is 0 Å². The highest BCUT2D eigenvalue weighted by molar-refractivity contribution is 5.05. The van der Waals surface area contributed by atoms with Gasteiger partial charge in [0, 0.05) is 17.9 Å². The second-order valence-corrected chi connectivity index (χ2v) is 20.3. The third-order valence-corrected chi connectivity index (χ3v) is 15.2. The van der Waals surface area contributed by atoms with Crippen LogP contribution in [0.5, 0.6) is 0 Å². The lowest BCUT2D eigenvalue weighted by Crippen LogP contribution is -2.52. The molecule has 1 atom stereocenters. The monoisotopic (exact) mass is 825 g/mol. The van der Waals surface area contributed by atoms with Crippen molar-refractivity contribution in [3.63, 3.8) is 0 Å². The summed E-state index contributed by atoms with van der Waals surface area (Å²) in [7, 11) is 0. The van der Waals surface area contributed by atoms with Crippen molar-refractivity contribution in [1.29, 1.82) is 0 Å². The number of imidazole rings is 1. The Hall–Kier alpha value is -0.790. The first-order chi connectivity index (χ1) is 29.1. The van der Waals surface area contributed by atoms with E-state index in [1.54, 1.807) is 0 Å². The predicted octanol–water partition coefficient (Wildman–Crippen LogP) is 20.9. The van der Waals surface area contributed by atoms with Gasteiger partial charge in [0.25, 0.3) is 0 Å².